The molecule has 0 spiro atoms. The lowest BCUT2D eigenvalue weighted by molar-refractivity contribution is 0.238. The largest absolute Gasteiger partial charge is 0.306 e. The van der Waals surface area contributed by atoms with Crippen molar-refractivity contribution in [2.24, 2.45) is 0 Å². The molecule has 1 heterocycles. The SMILES string of the molecule is CN1CCC(NCC#N)CC1. The Morgan fingerprint density at radius 1 is 1.55 bits per heavy atom. The lowest BCUT2D eigenvalue weighted by Crippen LogP contribution is -2.40. The maximum atomic E-state index is 8.33. The summed E-state index contributed by atoms with van der Waals surface area (Å²) in [5.74, 6) is 0. The van der Waals surface area contributed by atoms with Crippen LogP contribution in [-0.2, 0) is 0 Å². The Kier molecular flexibility index (Phi) is 3.34. The summed E-state index contributed by atoms with van der Waals surface area (Å²) in [6, 6.07) is 2.68. The van der Waals surface area contributed by atoms with Crippen LogP contribution < -0.4 is 5.32 Å². The van der Waals surface area contributed by atoms with Crippen LogP contribution in [0.4, 0.5) is 0 Å². The van der Waals surface area contributed by atoms with E-state index >= 15 is 0 Å². The van der Waals surface area contributed by atoms with E-state index in [1.54, 1.807) is 0 Å². The minimum absolute atomic E-state index is 0.494. The van der Waals surface area contributed by atoms with Gasteiger partial charge in [0.15, 0.2) is 0 Å². The molecule has 0 aromatic carbocycles. The van der Waals surface area contributed by atoms with Crippen molar-refractivity contribution in [1.29, 1.82) is 5.26 Å². The van der Waals surface area contributed by atoms with Crippen LogP contribution in [0.1, 0.15) is 12.8 Å². The van der Waals surface area contributed by atoms with Crippen molar-refractivity contribution in [3.05, 3.63) is 0 Å². The van der Waals surface area contributed by atoms with Gasteiger partial charge in [-0.2, -0.15) is 5.26 Å². The molecule has 1 fully saturated rings. The topological polar surface area (TPSA) is 39.1 Å². The number of rotatable bonds is 2. The molecule has 62 valence electrons. The quantitative estimate of drug-likeness (QED) is 0.576. The van der Waals surface area contributed by atoms with Gasteiger partial charge in [0.1, 0.15) is 0 Å². The van der Waals surface area contributed by atoms with E-state index in [-0.39, 0.29) is 0 Å². The van der Waals surface area contributed by atoms with E-state index in [9.17, 15) is 0 Å². The second kappa shape index (κ2) is 4.32. The highest BCUT2D eigenvalue weighted by atomic mass is 15.1. The van der Waals surface area contributed by atoms with Gasteiger partial charge in [0.25, 0.3) is 0 Å². The van der Waals surface area contributed by atoms with Crippen molar-refractivity contribution in [2.45, 2.75) is 18.9 Å². The molecule has 1 N–H and O–H groups in total. The molecule has 0 radical (unpaired) electrons. The molecule has 0 aromatic rings. The van der Waals surface area contributed by atoms with Crippen LogP contribution in [0.2, 0.25) is 0 Å². The lowest BCUT2D eigenvalue weighted by Gasteiger charge is -2.28. The number of likely N-dealkylation sites (tertiary alicyclic amines) is 1. The molecule has 3 nitrogen and oxygen atoms in total. The summed E-state index contributed by atoms with van der Waals surface area (Å²) in [4.78, 5) is 2.32. The Morgan fingerprint density at radius 3 is 2.73 bits per heavy atom. The molecule has 11 heavy (non-hydrogen) atoms. The van der Waals surface area contributed by atoms with Gasteiger partial charge >= 0.3 is 0 Å². The fraction of sp³-hybridized carbons (Fsp3) is 0.875. The monoisotopic (exact) mass is 153 g/mol. The second-order valence-electron chi connectivity index (χ2n) is 3.12. The van der Waals surface area contributed by atoms with Gasteiger partial charge < -0.3 is 10.2 Å². The Labute approximate surface area is 68.0 Å². The van der Waals surface area contributed by atoms with E-state index < -0.39 is 0 Å². The minimum Gasteiger partial charge on any atom is -0.306 e. The van der Waals surface area contributed by atoms with Gasteiger partial charge in [-0.25, -0.2) is 0 Å². The highest BCUT2D eigenvalue weighted by molar-refractivity contribution is 4.81. The summed E-state index contributed by atoms with van der Waals surface area (Å²) in [5, 5.41) is 11.5. The van der Waals surface area contributed by atoms with Crippen LogP contribution in [-0.4, -0.2) is 37.6 Å². The van der Waals surface area contributed by atoms with Gasteiger partial charge in [0, 0.05) is 6.04 Å². The van der Waals surface area contributed by atoms with Crippen LogP contribution >= 0.6 is 0 Å². The molecule has 0 saturated carbocycles. The normalized spacial score (nSPS) is 21.5. The van der Waals surface area contributed by atoms with Crippen molar-refractivity contribution in [1.82, 2.24) is 10.2 Å². The third-order valence-corrected chi connectivity index (χ3v) is 2.19. The van der Waals surface area contributed by atoms with Gasteiger partial charge in [0.2, 0.25) is 0 Å². The molecule has 0 atom stereocenters. The molecule has 1 rings (SSSR count). The molecule has 0 aromatic heterocycles. The first kappa shape index (κ1) is 8.51. The highest BCUT2D eigenvalue weighted by Gasteiger charge is 2.14. The van der Waals surface area contributed by atoms with Crippen LogP contribution in [0.5, 0.6) is 0 Å². The lowest BCUT2D eigenvalue weighted by atomic mass is 10.1. The van der Waals surface area contributed by atoms with E-state index in [2.05, 4.69) is 23.3 Å². The average molecular weight is 153 g/mol. The maximum absolute atomic E-state index is 8.33. The van der Waals surface area contributed by atoms with Crippen molar-refractivity contribution in [2.75, 3.05) is 26.7 Å². The molecule has 0 aliphatic carbocycles. The maximum Gasteiger partial charge on any atom is 0.0843 e. The molecule has 0 amide bonds. The highest BCUT2D eigenvalue weighted by Crippen LogP contribution is 2.07. The molecule has 1 aliphatic heterocycles. The summed E-state index contributed by atoms with van der Waals surface area (Å²) in [7, 11) is 2.14. The van der Waals surface area contributed by atoms with Crippen LogP contribution in [0.15, 0.2) is 0 Å². The summed E-state index contributed by atoms with van der Waals surface area (Å²) >= 11 is 0. The van der Waals surface area contributed by atoms with Crippen molar-refractivity contribution in [3.63, 3.8) is 0 Å². The minimum atomic E-state index is 0.494. The Hall–Kier alpha value is -0.590. The first-order valence-corrected chi connectivity index (χ1v) is 4.12. The van der Waals surface area contributed by atoms with Gasteiger partial charge in [-0.3, -0.25) is 0 Å². The van der Waals surface area contributed by atoms with Gasteiger partial charge in [-0.15, -0.1) is 0 Å². The molecular formula is C8H15N3. The fourth-order valence-corrected chi connectivity index (χ4v) is 1.40. The average Bonchev–Trinajstić information content (AvgIpc) is 2.04. The van der Waals surface area contributed by atoms with Crippen LogP contribution in [0, 0.1) is 11.3 Å². The van der Waals surface area contributed by atoms with Gasteiger partial charge in [-0.1, -0.05) is 0 Å². The fourth-order valence-electron chi connectivity index (χ4n) is 1.40. The predicted molar refractivity (Wildman–Crippen MR) is 44.1 cm³/mol. The van der Waals surface area contributed by atoms with E-state index in [0.29, 0.717) is 12.6 Å². The summed E-state index contributed by atoms with van der Waals surface area (Å²) in [5.41, 5.74) is 0. The second-order valence-corrected chi connectivity index (χ2v) is 3.12. The van der Waals surface area contributed by atoms with Crippen molar-refractivity contribution < 1.29 is 0 Å². The zero-order chi connectivity index (χ0) is 8.10. The van der Waals surface area contributed by atoms with E-state index in [4.69, 9.17) is 5.26 Å². The zero-order valence-electron chi connectivity index (χ0n) is 7.01. The molecule has 3 heteroatoms. The Balaban J connectivity index is 2.13. The summed E-state index contributed by atoms with van der Waals surface area (Å²) in [6.07, 6.45) is 2.36. The first-order valence-electron chi connectivity index (χ1n) is 4.12. The van der Waals surface area contributed by atoms with Crippen molar-refractivity contribution >= 4 is 0 Å². The van der Waals surface area contributed by atoms with E-state index in [0.717, 1.165) is 13.1 Å². The van der Waals surface area contributed by atoms with Gasteiger partial charge in [-0.05, 0) is 33.0 Å². The molecule has 0 unspecified atom stereocenters. The number of nitriles is 1. The number of hydrogen-bond acceptors (Lipinski definition) is 3. The number of nitrogens with one attached hydrogen (secondary N) is 1. The van der Waals surface area contributed by atoms with Gasteiger partial charge in [0.05, 0.1) is 12.6 Å². The Bertz CT molecular complexity index is 142. The number of piperidine rings is 1. The van der Waals surface area contributed by atoms with E-state index in [1.807, 2.05) is 0 Å². The van der Waals surface area contributed by atoms with Crippen LogP contribution in [0.25, 0.3) is 0 Å². The third kappa shape index (κ3) is 2.87. The molecular weight excluding hydrogens is 138 g/mol. The molecule has 0 bridgehead atoms. The number of nitrogens with zero attached hydrogens (tertiary/aromatic N) is 2. The molecule has 1 saturated heterocycles. The molecule has 1 aliphatic rings. The first-order chi connectivity index (χ1) is 5.33. The smallest absolute Gasteiger partial charge is 0.0843 e. The predicted octanol–water partition coefficient (Wildman–Crippen LogP) is 0.194. The van der Waals surface area contributed by atoms with Crippen molar-refractivity contribution in [3.8, 4) is 6.07 Å². The standard InChI is InChI=1S/C8H15N3/c1-11-6-2-8(3-7-11)10-5-4-9/h8,10H,2-3,5-7H2,1H3. The number of hydrogen-bond donors (Lipinski definition) is 1. The summed E-state index contributed by atoms with van der Waals surface area (Å²) < 4.78 is 0. The third-order valence-electron chi connectivity index (χ3n) is 2.19. The Morgan fingerprint density at radius 2 is 2.18 bits per heavy atom. The summed E-state index contributed by atoms with van der Waals surface area (Å²) in [6.45, 7) is 2.81. The zero-order valence-corrected chi connectivity index (χ0v) is 7.01. The van der Waals surface area contributed by atoms with Crippen LogP contribution in [0.3, 0.4) is 0 Å². The van der Waals surface area contributed by atoms with E-state index in [1.165, 1.54) is 12.8 Å².